The molecule has 8 heteroatoms. The molecule has 3 heterocycles. The first-order valence-corrected chi connectivity index (χ1v) is 8.15. The molecule has 1 N–H and O–H groups in total. The fourth-order valence-corrected chi connectivity index (χ4v) is 3.09. The summed E-state index contributed by atoms with van der Waals surface area (Å²) in [6, 6.07) is 8.10. The molecule has 0 saturated carbocycles. The first-order chi connectivity index (χ1) is 12.1. The number of benzene rings is 1. The predicted molar refractivity (Wildman–Crippen MR) is 95.3 cm³/mol. The Hall–Kier alpha value is -2.74. The van der Waals surface area contributed by atoms with Crippen LogP contribution in [0.5, 0.6) is 5.88 Å². The number of anilines is 1. The van der Waals surface area contributed by atoms with E-state index >= 15 is 0 Å². The maximum atomic E-state index is 13.2. The average Bonchev–Trinajstić information content (AvgIpc) is 2.97. The summed E-state index contributed by atoms with van der Waals surface area (Å²) >= 11 is 5.43. The number of fused-ring (bicyclic) bond motifs is 1. The number of nitrogens with zero attached hydrogens (tertiary/aromatic N) is 3. The summed E-state index contributed by atoms with van der Waals surface area (Å²) in [5.74, 6) is 0.430. The first kappa shape index (κ1) is 15.8. The first-order valence-electron chi connectivity index (χ1n) is 7.75. The Morgan fingerprint density at radius 3 is 2.92 bits per heavy atom. The van der Waals surface area contributed by atoms with Gasteiger partial charge in [-0.3, -0.25) is 0 Å². The third kappa shape index (κ3) is 3.00. The highest BCUT2D eigenvalue weighted by molar-refractivity contribution is 7.80. The van der Waals surface area contributed by atoms with Crippen LogP contribution in [-0.2, 0) is 0 Å². The lowest BCUT2D eigenvalue weighted by Crippen LogP contribution is -2.50. The molecule has 1 aliphatic heterocycles. The second-order valence-electron chi connectivity index (χ2n) is 5.83. The van der Waals surface area contributed by atoms with Gasteiger partial charge < -0.3 is 19.5 Å². The molecule has 0 amide bonds. The fourth-order valence-electron chi connectivity index (χ4n) is 2.82. The van der Waals surface area contributed by atoms with Crippen molar-refractivity contribution < 1.29 is 13.7 Å². The van der Waals surface area contributed by atoms with Crippen LogP contribution in [-0.4, -0.2) is 40.4 Å². The van der Waals surface area contributed by atoms with Gasteiger partial charge in [-0.2, -0.15) is 0 Å². The van der Waals surface area contributed by atoms with Gasteiger partial charge in [0.1, 0.15) is 5.82 Å². The van der Waals surface area contributed by atoms with Gasteiger partial charge in [-0.15, -0.1) is 0 Å². The molecule has 4 rings (SSSR count). The zero-order chi connectivity index (χ0) is 17.4. The Kier molecular flexibility index (Phi) is 3.96. The van der Waals surface area contributed by atoms with E-state index in [-0.39, 0.29) is 11.7 Å². The number of aromatic nitrogens is 2. The number of methoxy groups -OCH3 is 1. The second-order valence-corrected chi connectivity index (χ2v) is 6.22. The van der Waals surface area contributed by atoms with E-state index < -0.39 is 0 Å². The van der Waals surface area contributed by atoms with E-state index in [1.165, 1.54) is 12.1 Å². The lowest BCUT2D eigenvalue weighted by Gasteiger charge is -2.40. The third-order valence-electron chi connectivity index (χ3n) is 4.21. The second kappa shape index (κ2) is 6.29. The summed E-state index contributed by atoms with van der Waals surface area (Å²) in [4.78, 5) is 6.17. The summed E-state index contributed by atoms with van der Waals surface area (Å²) in [6.45, 7) is 1.46. The van der Waals surface area contributed by atoms with Crippen molar-refractivity contribution in [1.82, 2.24) is 15.0 Å². The van der Waals surface area contributed by atoms with Gasteiger partial charge in [-0.05, 0) is 30.4 Å². The molecular formula is C17H15FN4O2S. The third-order valence-corrected chi connectivity index (χ3v) is 4.57. The van der Waals surface area contributed by atoms with Crippen LogP contribution in [0, 0.1) is 5.82 Å². The topological polar surface area (TPSA) is 63.4 Å². The van der Waals surface area contributed by atoms with Gasteiger partial charge in [0.25, 0.3) is 0 Å². The molecule has 1 saturated heterocycles. The van der Waals surface area contributed by atoms with Crippen LogP contribution in [0.15, 0.2) is 41.1 Å². The summed E-state index contributed by atoms with van der Waals surface area (Å²) in [6.07, 6.45) is 1.67. The number of nitrogens with one attached hydrogen (secondary N) is 1. The molecule has 1 aliphatic rings. The standard InChI is InChI=1S/C17H15FN4O2S/c1-23-15-5-3-12(7-19-15)20-17(25)22-8-10(9-22)16-13-4-2-11(18)6-14(13)24-21-16/h2-7,10H,8-9H2,1H3,(H,20,25). The number of hydrogen-bond donors (Lipinski definition) is 1. The van der Waals surface area contributed by atoms with E-state index in [2.05, 4.69) is 15.5 Å². The van der Waals surface area contributed by atoms with Crippen molar-refractivity contribution in [3.8, 4) is 5.88 Å². The van der Waals surface area contributed by atoms with Gasteiger partial charge in [0, 0.05) is 36.5 Å². The van der Waals surface area contributed by atoms with Crippen LogP contribution >= 0.6 is 12.2 Å². The zero-order valence-corrected chi connectivity index (χ0v) is 14.2. The van der Waals surface area contributed by atoms with E-state index in [4.69, 9.17) is 21.5 Å². The van der Waals surface area contributed by atoms with Crippen LogP contribution in [0.1, 0.15) is 11.6 Å². The molecular weight excluding hydrogens is 343 g/mol. The summed E-state index contributed by atoms with van der Waals surface area (Å²) in [5, 5.41) is 8.73. The van der Waals surface area contributed by atoms with Crippen molar-refractivity contribution in [2.24, 2.45) is 0 Å². The highest BCUT2D eigenvalue weighted by atomic mass is 32.1. The monoisotopic (exact) mass is 358 g/mol. The van der Waals surface area contributed by atoms with Gasteiger partial charge in [0.2, 0.25) is 5.88 Å². The summed E-state index contributed by atoms with van der Waals surface area (Å²) in [5.41, 5.74) is 2.12. The van der Waals surface area contributed by atoms with Crippen LogP contribution in [0.4, 0.5) is 10.1 Å². The van der Waals surface area contributed by atoms with Crippen LogP contribution in [0.25, 0.3) is 11.0 Å². The maximum Gasteiger partial charge on any atom is 0.213 e. The lowest BCUT2D eigenvalue weighted by atomic mass is 9.94. The Morgan fingerprint density at radius 2 is 2.20 bits per heavy atom. The Balaban J connectivity index is 1.39. The molecule has 0 radical (unpaired) electrons. The minimum atomic E-state index is -0.330. The zero-order valence-electron chi connectivity index (χ0n) is 13.4. The van der Waals surface area contributed by atoms with Gasteiger partial charge in [0.15, 0.2) is 10.7 Å². The van der Waals surface area contributed by atoms with Crippen molar-refractivity contribution >= 4 is 34.0 Å². The molecule has 3 aromatic rings. The highest BCUT2D eigenvalue weighted by Crippen LogP contribution is 2.32. The predicted octanol–water partition coefficient (Wildman–Crippen LogP) is 3.17. The SMILES string of the molecule is COc1ccc(NC(=S)N2CC(c3noc4cc(F)ccc34)C2)cn1. The average molecular weight is 358 g/mol. The quantitative estimate of drug-likeness (QED) is 0.722. The van der Waals surface area contributed by atoms with E-state index in [0.29, 0.717) is 16.6 Å². The molecule has 0 unspecified atom stereocenters. The van der Waals surface area contributed by atoms with Crippen LogP contribution in [0.3, 0.4) is 0 Å². The van der Waals surface area contributed by atoms with Crippen LogP contribution in [0.2, 0.25) is 0 Å². The molecule has 0 spiro atoms. The lowest BCUT2D eigenvalue weighted by molar-refractivity contribution is 0.247. The number of thiocarbonyl (C=S) groups is 1. The van der Waals surface area contributed by atoms with Crippen molar-refractivity contribution in [3.63, 3.8) is 0 Å². The van der Waals surface area contributed by atoms with Crippen LogP contribution < -0.4 is 10.1 Å². The largest absolute Gasteiger partial charge is 0.481 e. The number of hydrogen-bond acceptors (Lipinski definition) is 5. The maximum absolute atomic E-state index is 13.2. The normalized spacial score (nSPS) is 14.4. The molecule has 0 atom stereocenters. The van der Waals surface area contributed by atoms with Gasteiger partial charge >= 0.3 is 0 Å². The molecule has 0 bridgehead atoms. The number of likely N-dealkylation sites (tertiary alicyclic amines) is 1. The number of pyridine rings is 1. The Morgan fingerprint density at radius 1 is 1.36 bits per heavy atom. The van der Waals surface area contributed by atoms with Crippen molar-refractivity contribution in [1.29, 1.82) is 0 Å². The van der Waals surface area contributed by atoms with Gasteiger partial charge in [-0.1, -0.05) is 5.16 Å². The minimum absolute atomic E-state index is 0.209. The Bertz CT molecular complexity index is 922. The van der Waals surface area contributed by atoms with Crippen molar-refractivity contribution in [3.05, 3.63) is 48.0 Å². The van der Waals surface area contributed by atoms with E-state index in [9.17, 15) is 4.39 Å². The molecule has 2 aromatic heterocycles. The molecule has 6 nitrogen and oxygen atoms in total. The molecule has 25 heavy (non-hydrogen) atoms. The number of halogens is 1. The summed E-state index contributed by atoms with van der Waals surface area (Å²) in [7, 11) is 1.57. The minimum Gasteiger partial charge on any atom is -0.481 e. The van der Waals surface area contributed by atoms with Crippen molar-refractivity contribution in [2.45, 2.75) is 5.92 Å². The molecule has 1 fully saturated rings. The molecule has 0 aliphatic carbocycles. The van der Waals surface area contributed by atoms with E-state index in [1.54, 1.807) is 25.4 Å². The highest BCUT2D eigenvalue weighted by Gasteiger charge is 2.33. The number of ether oxygens (including phenoxy) is 1. The molecule has 1 aromatic carbocycles. The van der Waals surface area contributed by atoms with Crippen molar-refractivity contribution in [2.75, 3.05) is 25.5 Å². The van der Waals surface area contributed by atoms with Gasteiger partial charge in [0.05, 0.1) is 24.7 Å². The Labute approximate surface area is 148 Å². The van der Waals surface area contributed by atoms with E-state index in [0.717, 1.165) is 29.9 Å². The van der Waals surface area contributed by atoms with Gasteiger partial charge in [-0.25, -0.2) is 9.37 Å². The summed E-state index contributed by atoms with van der Waals surface area (Å²) < 4.78 is 23.5. The smallest absolute Gasteiger partial charge is 0.213 e. The number of rotatable bonds is 3. The molecule has 128 valence electrons. The van der Waals surface area contributed by atoms with E-state index in [1.807, 2.05) is 11.0 Å². The fraction of sp³-hybridized carbons (Fsp3) is 0.235.